The van der Waals surface area contributed by atoms with Gasteiger partial charge in [0.2, 0.25) is 5.91 Å². The van der Waals surface area contributed by atoms with Crippen molar-refractivity contribution in [2.75, 3.05) is 19.6 Å². The van der Waals surface area contributed by atoms with Gasteiger partial charge < -0.3 is 10.6 Å². The Morgan fingerprint density at radius 1 is 1.45 bits per heavy atom. The zero-order chi connectivity index (χ0) is 15.7. The molecule has 1 aliphatic rings. The van der Waals surface area contributed by atoms with Crippen molar-refractivity contribution in [3.05, 3.63) is 34.9 Å². The second-order valence-electron chi connectivity index (χ2n) is 6.26. The van der Waals surface area contributed by atoms with E-state index >= 15 is 0 Å². The zero-order valence-electron chi connectivity index (χ0n) is 12.7. The predicted molar refractivity (Wildman–Crippen MR) is 82.4 cm³/mol. The maximum atomic E-state index is 12.3. The summed E-state index contributed by atoms with van der Waals surface area (Å²) in [6, 6.07) is 5.38. The smallest absolute Gasteiger partial charge is 0.342 e. The van der Waals surface area contributed by atoms with Crippen molar-refractivity contribution in [3.63, 3.8) is 0 Å². The highest BCUT2D eigenvalue weighted by molar-refractivity contribution is 5.76. The van der Waals surface area contributed by atoms with E-state index in [-0.39, 0.29) is 23.4 Å². The first-order valence-electron chi connectivity index (χ1n) is 7.54. The van der Waals surface area contributed by atoms with E-state index in [9.17, 15) is 9.59 Å². The van der Waals surface area contributed by atoms with Gasteiger partial charge in [0.1, 0.15) is 0 Å². The number of nitrogens with two attached hydrogens (primary N) is 1. The largest absolute Gasteiger partial charge is 0.350 e. The van der Waals surface area contributed by atoms with Crippen molar-refractivity contribution in [2.24, 2.45) is 11.1 Å². The molecule has 0 saturated carbocycles. The molecule has 1 fully saturated rings. The van der Waals surface area contributed by atoms with E-state index in [2.05, 4.69) is 12.0 Å². The average molecular weight is 303 g/mol. The van der Waals surface area contributed by atoms with Crippen LogP contribution in [0.5, 0.6) is 0 Å². The van der Waals surface area contributed by atoms with E-state index in [0.29, 0.717) is 25.3 Å². The molecular weight excluding hydrogens is 282 g/mol. The Morgan fingerprint density at radius 3 is 2.95 bits per heavy atom. The number of likely N-dealkylation sites (tertiary alicyclic amines) is 1. The minimum absolute atomic E-state index is 0.0234. The van der Waals surface area contributed by atoms with Gasteiger partial charge in [0.15, 0.2) is 5.65 Å². The van der Waals surface area contributed by atoms with Crippen molar-refractivity contribution in [3.8, 4) is 0 Å². The summed E-state index contributed by atoms with van der Waals surface area (Å²) < 4.78 is 2.83. The Hall–Kier alpha value is -2.15. The summed E-state index contributed by atoms with van der Waals surface area (Å²) in [5.41, 5.74) is 6.17. The summed E-state index contributed by atoms with van der Waals surface area (Å²) in [5, 5.41) is 4.23. The fourth-order valence-electron chi connectivity index (χ4n) is 2.88. The molecular formula is C15H21N5O2. The van der Waals surface area contributed by atoms with Crippen molar-refractivity contribution in [1.29, 1.82) is 0 Å². The Labute approximate surface area is 128 Å². The Morgan fingerprint density at radius 2 is 2.27 bits per heavy atom. The quantitative estimate of drug-likeness (QED) is 0.867. The van der Waals surface area contributed by atoms with Gasteiger partial charge in [0, 0.05) is 25.7 Å². The number of fused-ring (bicyclic) bond motifs is 1. The molecule has 1 amide bonds. The minimum Gasteiger partial charge on any atom is -0.342 e. The van der Waals surface area contributed by atoms with Gasteiger partial charge in [0.25, 0.3) is 0 Å². The van der Waals surface area contributed by atoms with Gasteiger partial charge in [-0.2, -0.15) is 0 Å². The van der Waals surface area contributed by atoms with E-state index in [1.807, 2.05) is 11.0 Å². The lowest BCUT2D eigenvalue weighted by Crippen LogP contribution is -2.35. The van der Waals surface area contributed by atoms with Crippen LogP contribution in [0.25, 0.3) is 5.65 Å². The van der Waals surface area contributed by atoms with Gasteiger partial charge in [-0.1, -0.05) is 13.0 Å². The van der Waals surface area contributed by atoms with Crippen molar-refractivity contribution >= 4 is 11.6 Å². The predicted octanol–water partition coefficient (Wildman–Crippen LogP) is 0.0834. The van der Waals surface area contributed by atoms with Crippen LogP contribution in [0.1, 0.15) is 19.8 Å². The van der Waals surface area contributed by atoms with Gasteiger partial charge >= 0.3 is 5.69 Å². The summed E-state index contributed by atoms with van der Waals surface area (Å²) in [7, 11) is 0. The molecule has 2 aromatic rings. The lowest BCUT2D eigenvalue weighted by atomic mass is 9.90. The van der Waals surface area contributed by atoms with E-state index in [1.54, 1.807) is 18.3 Å². The summed E-state index contributed by atoms with van der Waals surface area (Å²) in [6.07, 6.45) is 2.89. The van der Waals surface area contributed by atoms with E-state index in [0.717, 1.165) is 13.0 Å². The number of aromatic nitrogens is 3. The second-order valence-corrected chi connectivity index (χ2v) is 6.26. The van der Waals surface area contributed by atoms with Gasteiger partial charge in [0.05, 0.1) is 6.54 Å². The molecule has 3 rings (SSSR count). The molecule has 7 nitrogen and oxygen atoms in total. The summed E-state index contributed by atoms with van der Waals surface area (Å²) in [4.78, 5) is 26.3. The summed E-state index contributed by atoms with van der Waals surface area (Å²) >= 11 is 0. The van der Waals surface area contributed by atoms with Crippen LogP contribution in [0.3, 0.4) is 0 Å². The number of pyridine rings is 1. The van der Waals surface area contributed by atoms with E-state index in [1.165, 1.54) is 9.08 Å². The first-order valence-corrected chi connectivity index (χ1v) is 7.54. The number of amides is 1. The molecule has 0 aromatic carbocycles. The number of aryl methyl sites for hydroxylation is 1. The number of nitrogens with zero attached hydrogens (tertiary/aromatic N) is 4. The molecule has 22 heavy (non-hydrogen) atoms. The highest BCUT2D eigenvalue weighted by atomic mass is 16.2. The third-order valence-corrected chi connectivity index (χ3v) is 4.43. The van der Waals surface area contributed by atoms with E-state index < -0.39 is 0 Å². The van der Waals surface area contributed by atoms with Crippen LogP contribution in [-0.2, 0) is 11.3 Å². The van der Waals surface area contributed by atoms with Crippen molar-refractivity contribution in [2.45, 2.75) is 26.3 Å². The molecule has 118 valence electrons. The van der Waals surface area contributed by atoms with Crippen LogP contribution < -0.4 is 11.4 Å². The van der Waals surface area contributed by atoms with Crippen LogP contribution in [0.2, 0.25) is 0 Å². The van der Waals surface area contributed by atoms with Crippen LogP contribution in [0, 0.1) is 5.41 Å². The normalized spacial score (nSPS) is 21.6. The molecule has 2 aromatic heterocycles. The van der Waals surface area contributed by atoms with Crippen molar-refractivity contribution < 1.29 is 4.79 Å². The second kappa shape index (κ2) is 5.57. The molecule has 1 aliphatic heterocycles. The monoisotopic (exact) mass is 303 g/mol. The Bertz CT molecular complexity index is 750. The van der Waals surface area contributed by atoms with Crippen LogP contribution in [0.4, 0.5) is 0 Å². The molecule has 1 unspecified atom stereocenters. The van der Waals surface area contributed by atoms with Crippen LogP contribution >= 0.6 is 0 Å². The molecule has 7 heteroatoms. The molecule has 0 bridgehead atoms. The van der Waals surface area contributed by atoms with Gasteiger partial charge in [-0.05, 0) is 30.5 Å². The standard InChI is InChI=1S/C15H21N5O2/c1-15(10-16)6-9-18(11-15)13(21)5-8-20-14(22)19-7-3-2-4-12(19)17-20/h2-4,7H,5-6,8-11,16H2,1H3. The molecule has 1 saturated heterocycles. The summed E-state index contributed by atoms with van der Waals surface area (Å²) in [6.45, 7) is 4.43. The molecule has 3 heterocycles. The van der Waals surface area contributed by atoms with Crippen LogP contribution in [-0.4, -0.2) is 44.6 Å². The Kier molecular flexibility index (Phi) is 3.74. The highest BCUT2D eigenvalue weighted by Gasteiger charge is 2.34. The first kappa shape index (κ1) is 14.8. The summed E-state index contributed by atoms with van der Waals surface area (Å²) in [5.74, 6) is 0.0566. The molecule has 2 N–H and O–H groups in total. The maximum absolute atomic E-state index is 12.3. The van der Waals surface area contributed by atoms with E-state index in [4.69, 9.17) is 5.73 Å². The Balaban J connectivity index is 1.66. The number of hydrogen-bond donors (Lipinski definition) is 1. The third-order valence-electron chi connectivity index (χ3n) is 4.43. The van der Waals surface area contributed by atoms with Gasteiger partial charge in [-0.15, -0.1) is 5.10 Å². The number of carbonyl (C=O) groups excluding carboxylic acids is 1. The fourth-order valence-corrected chi connectivity index (χ4v) is 2.88. The SMILES string of the molecule is CC1(CN)CCN(C(=O)CCn2nc3ccccn3c2=O)C1. The lowest BCUT2D eigenvalue weighted by Gasteiger charge is -2.22. The fraction of sp³-hybridized carbons (Fsp3) is 0.533. The first-order chi connectivity index (χ1) is 10.5. The molecule has 0 radical (unpaired) electrons. The highest BCUT2D eigenvalue weighted by Crippen LogP contribution is 2.28. The number of rotatable bonds is 4. The number of hydrogen-bond acceptors (Lipinski definition) is 4. The minimum atomic E-state index is -0.211. The zero-order valence-corrected chi connectivity index (χ0v) is 12.7. The lowest BCUT2D eigenvalue weighted by molar-refractivity contribution is -0.130. The molecule has 0 spiro atoms. The van der Waals surface area contributed by atoms with Crippen LogP contribution in [0.15, 0.2) is 29.2 Å². The topological polar surface area (TPSA) is 85.6 Å². The molecule has 0 aliphatic carbocycles. The van der Waals surface area contributed by atoms with Crippen molar-refractivity contribution in [1.82, 2.24) is 19.1 Å². The van der Waals surface area contributed by atoms with Gasteiger partial charge in [-0.3, -0.25) is 9.20 Å². The molecule has 1 atom stereocenters. The average Bonchev–Trinajstić information content (AvgIpc) is 3.07. The number of carbonyl (C=O) groups is 1. The maximum Gasteiger partial charge on any atom is 0.350 e. The van der Waals surface area contributed by atoms with Gasteiger partial charge in [-0.25, -0.2) is 9.48 Å². The third kappa shape index (κ3) is 2.64.